The Morgan fingerprint density at radius 1 is 1.09 bits per heavy atom. The van der Waals surface area contributed by atoms with Crippen LogP contribution in [0.4, 0.5) is 8.78 Å². The zero-order valence-corrected chi connectivity index (χ0v) is 11.8. The first-order valence-electron chi connectivity index (χ1n) is 6.77. The molecule has 0 aliphatic heterocycles. The molecule has 1 N–H and O–H groups in total. The largest absolute Gasteiger partial charge is 0.477 e. The Morgan fingerprint density at radius 2 is 1.78 bits per heavy atom. The molecular formula is C17H11F2NO3. The Labute approximate surface area is 129 Å². The van der Waals surface area contributed by atoms with Crippen LogP contribution >= 0.6 is 0 Å². The minimum absolute atomic E-state index is 0.181. The Kier molecular flexibility index (Phi) is 3.65. The monoisotopic (exact) mass is 315 g/mol. The van der Waals surface area contributed by atoms with Gasteiger partial charge in [0.05, 0.1) is 10.9 Å². The minimum atomic E-state index is -1.42. The predicted molar refractivity (Wildman–Crippen MR) is 80.6 cm³/mol. The summed E-state index contributed by atoms with van der Waals surface area (Å²) in [5.41, 5.74) is -0.396. The SMILES string of the molecule is O=C(O)c1cn(Cc2ccc(F)cc2)c2cccc(F)c2c1=O. The highest BCUT2D eigenvalue weighted by atomic mass is 19.1. The van der Waals surface area contributed by atoms with Crippen LogP contribution < -0.4 is 5.43 Å². The number of hydrogen-bond acceptors (Lipinski definition) is 2. The van der Waals surface area contributed by atoms with Gasteiger partial charge in [-0.25, -0.2) is 13.6 Å². The highest BCUT2D eigenvalue weighted by Gasteiger charge is 2.17. The van der Waals surface area contributed by atoms with E-state index in [9.17, 15) is 18.4 Å². The van der Waals surface area contributed by atoms with Crippen LogP contribution in [-0.4, -0.2) is 15.6 Å². The molecule has 0 aliphatic carbocycles. The summed E-state index contributed by atoms with van der Waals surface area (Å²) in [5, 5.41) is 8.89. The lowest BCUT2D eigenvalue weighted by Crippen LogP contribution is -2.20. The summed E-state index contributed by atoms with van der Waals surface area (Å²) in [6.07, 6.45) is 1.18. The van der Waals surface area contributed by atoms with Crippen LogP contribution in [0.25, 0.3) is 10.9 Å². The third-order valence-corrected chi connectivity index (χ3v) is 3.55. The summed E-state index contributed by atoms with van der Waals surface area (Å²) in [7, 11) is 0. The average Bonchev–Trinajstić information content (AvgIpc) is 2.51. The van der Waals surface area contributed by atoms with Crippen molar-refractivity contribution in [2.24, 2.45) is 0 Å². The Morgan fingerprint density at radius 3 is 2.43 bits per heavy atom. The van der Waals surface area contributed by atoms with Crippen molar-refractivity contribution in [1.29, 1.82) is 0 Å². The van der Waals surface area contributed by atoms with Gasteiger partial charge >= 0.3 is 5.97 Å². The normalized spacial score (nSPS) is 10.9. The number of halogens is 2. The molecule has 3 aromatic rings. The number of fused-ring (bicyclic) bond motifs is 1. The first-order valence-corrected chi connectivity index (χ1v) is 6.77. The number of carboxylic acids is 1. The number of nitrogens with zero attached hydrogens (tertiary/aromatic N) is 1. The molecule has 0 unspecified atom stereocenters. The van der Waals surface area contributed by atoms with Gasteiger partial charge in [0.25, 0.3) is 0 Å². The minimum Gasteiger partial charge on any atom is -0.477 e. The fraction of sp³-hybridized carbons (Fsp3) is 0.0588. The van der Waals surface area contributed by atoms with Crippen molar-refractivity contribution in [2.75, 3.05) is 0 Å². The van der Waals surface area contributed by atoms with E-state index in [2.05, 4.69) is 0 Å². The van der Waals surface area contributed by atoms with Gasteiger partial charge in [-0.15, -0.1) is 0 Å². The number of carbonyl (C=O) groups is 1. The number of aromatic nitrogens is 1. The first-order chi connectivity index (χ1) is 11.0. The van der Waals surface area contributed by atoms with E-state index >= 15 is 0 Å². The topological polar surface area (TPSA) is 59.3 Å². The van der Waals surface area contributed by atoms with Crippen molar-refractivity contribution in [3.8, 4) is 0 Å². The molecule has 0 saturated heterocycles. The zero-order chi connectivity index (χ0) is 16.6. The summed E-state index contributed by atoms with van der Waals surface area (Å²) in [4.78, 5) is 23.4. The van der Waals surface area contributed by atoms with Crippen LogP contribution in [0.5, 0.6) is 0 Å². The van der Waals surface area contributed by atoms with E-state index in [1.807, 2.05) is 0 Å². The van der Waals surface area contributed by atoms with Gasteiger partial charge in [0, 0.05) is 12.7 Å². The summed E-state index contributed by atoms with van der Waals surface area (Å²) >= 11 is 0. The summed E-state index contributed by atoms with van der Waals surface area (Å²) in [6.45, 7) is 0.181. The lowest BCUT2D eigenvalue weighted by molar-refractivity contribution is 0.0695. The number of carboxylic acid groups (broad SMARTS) is 1. The predicted octanol–water partition coefficient (Wildman–Crippen LogP) is 3.03. The molecule has 0 fully saturated rings. The number of pyridine rings is 1. The molecule has 0 radical (unpaired) electrons. The standard InChI is InChI=1S/C17H11F2NO3/c18-11-6-4-10(5-7-11)8-20-9-12(17(22)23)16(21)15-13(19)2-1-3-14(15)20/h1-7,9H,8H2,(H,22,23). The van der Waals surface area contributed by atoms with Crippen LogP contribution in [0.3, 0.4) is 0 Å². The highest BCUT2D eigenvalue weighted by Crippen LogP contribution is 2.17. The molecule has 0 amide bonds. The Bertz CT molecular complexity index is 962. The third kappa shape index (κ3) is 2.70. The Hall–Kier alpha value is -3.02. The zero-order valence-electron chi connectivity index (χ0n) is 11.8. The van der Waals surface area contributed by atoms with Gasteiger partial charge in [0.2, 0.25) is 5.43 Å². The number of aromatic carboxylic acids is 1. The maximum Gasteiger partial charge on any atom is 0.341 e. The maximum absolute atomic E-state index is 14.0. The fourth-order valence-electron chi connectivity index (χ4n) is 2.47. The van der Waals surface area contributed by atoms with Gasteiger partial charge < -0.3 is 9.67 Å². The molecule has 0 aliphatic rings. The van der Waals surface area contributed by atoms with E-state index in [0.29, 0.717) is 5.56 Å². The van der Waals surface area contributed by atoms with E-state index in [-0.39, 0.29) is 17.4 Å². The van der Waals surface area contributed by atoms with Crippen molar-refractivity contribution in [2.45, 2.75) is 6.54 Å². The third-order valence-electron chi connectivity index (χ3n) is 3.55. The second-order valence-corrected chi connectivity index (χ2v) is 5.07. The van der Waals surface area contributed by atoms with Crippen molar-refractivity contribution >= 4 is 16.9 Å². The van der Waals surface area contributed by atoms with Gasteiger partial charge in [-0.05, 0) is 29.8 Å². The quantitative estimate of drug-likeness (QED) is 0.808. The van der Waals surface area contributed by atoms with E-state index in [1.54, 1.807) is 12.1 Å². The van der Waals surface area contributed by atoms with Crippen LogP contribution in [0, 0.1) is 11.6 Å². The molecule has 2 aromatic carbocycles. The molecule has 0 bridgehead atoms. The molecule has 0 saturated carbocycles. The van der Waals surface area contributed by atoms with E-state index in [4.69, 9.17) is 5.11 Å². The summed E-state index contributed by atoms with van der Waals surface area (Å²) < 4.78 is 28.5. The molecule has 1 aromatic heterocycles. The lowest BCUT2D eigenvalue weighted by atomic mass is 10.1. The molecule has 4 nitrogen and oxygen atoms in total. The molecule has 3 rings (SSSR count). The van der Waals surface area contributed by atoms with Gasteiger partial charge in [-0.1, -0.05) is 18.2 Å². The summed E-state index contributed by atoms with van der Waals surface area (Å²) in [5.74, 6) is -2.59. The van der Waals surface area contributed by atoms with Gasteiger partial charge in [-0.2, -0.15) is 0 Å². The summed E-state index contributed by atoms with van der Waals surface area (Å²) in [6, 6.07) is 9.72. The number of benzene rings is 2. The number of hydrogen-bond donors (Lipinski definition) is 1. The van der Waals surface area contributed by atoms with Crippen molar-refractivity contribution in [1.82, 2.24) is 4.57 Å². The maximum atomic E-state index is 14.0. The molecule has 116 valence electrons. The second-order valence-electron chi connectivity index (χ2n) is 5.07. The van der Waals surface area contributed by atoms with E-state index in [1.165, 1.54) is 35.0 Å². The van der Waals surface area contributed by atoms with E-state index < -0.39 is 28.6 Å². The number of rotatable bonds is 3. The molecule has 6 heteroatoms. The molecule has 0 atom stereocenters. The molecule has 23 heavy (non-hydrogen) atoms. The van der Waals surface area contributed by atoms with Crippen LogP contribution in [0.1, 0.15) is 15.9 Å². The van der Waals surface area contributed by atoms with Crippen molar-refractivity contribution < 1.29 is 18.7 Å². The van der Waals surface area contributed by atoms with Crippen LogP contribution in [-0.2, 0) is 6.54 Å². The Balaban J connectivity index is 2.25. The molecule has 1 heterocycles. The van der Waals surface area contributed by atoms with Crippen LogP contribution in [0.2, 0.25) is 0 Å². The smallest absolute Gasteiger partial charge is 0.341 e. The van der Waals surface area contributed by atoms with Crippen molar-refractivity contribution in [3.63, 3.8) is 0 Å². The fourth-order valence-corrected chi connectivity index (χ4v) is 2.47. The second kappa shape index (κ2) is 5.64. The molecule has 0 spiro atoms. The highest BCUT2D eigenvalue weighted by molar-refractivity contribution is 5.92. The van der Waals surface area contributed by atoms with E-state index in [0.717, 1.165) is 6.07 Å². The van der Waals surface area contributed by atoms with Crippen LogP contribution in [0.15, 0.2) is 53.5 Å². The van der Waals surface area contributed by atoms with Gasteiger partial charge in [0.15, 0.2) is 0 Å². The molecular weight excluding hydrogens is 304 g/mol. The van der Waals surface area contributed by atoms with Gasteiger partial charge in [0.1, 0.15) is 17.2 Å². The first kappa shape index (κ1) is 14.9. The lowest BCUT2D eigenvalue weighted by Gasteiger charge is -2.13. The average molecular weight is 315 g/mol. The van der Waals surface area contributed by atoms with Crippen molar-refractivity contribution in [3.05, 3.63) is 81.6 Å². The van der Waals surface area contributed by atoms with Gasteiger partial charge in [-0.3, -0.25) is 4.79 Å².